The average Bonchev–Trinajstić information content (AvgIpc) is 2.69. The minimum Gasteiger partial charge on any atom is -0.492 e. The van der Waals surface area contributed by atoms with Gasteiger partial charge in [0.25, 0.3) is 0 Å². The van der Waals surface area contributed by atoms with Gasteiger partial charge in [0.2, 0.25) is 0 Å². The summed E-state index contributed by atoms with van der Waals surface area (Å²) >= 11 is 0. The Balaban J connectivity index is 1.40. The summed E-state index contributed by atoms with van der Waals surface area (Å²) in [6.07, 6.45) is -0.221. The Kier molecular flexibility index (Phi) is 7.24. The molecule has 1 aromatic carbocycles. The number of anilines is 1. The molecule has 0 bridgehead atoms. The van der Waals surface area contributed by atoms with E-state index in [1.54, 1.807) is 4.90 Å². The average molecular weight is 405 g/mol. The molecule has 0 N–H and O–H groups in total. The standard InChI is InChI=1S/C22H36N4O3/c1-22(2,3)29-21(27)26-15-13-25(14-16-26)19-5-7-20(8-6-19)28-18-17-24-11-9-23(4)10-12-24/h5-8H,9-18H2,1-4H3. The Morgan fingerprint density at radius 2 is 1.55 bits per heavy atom. The molecular formula is C22H36N4O3. The van der Waals surface area contributed by atoms with Crippen molar-refractivity contribution in [1.29, 1.82) is 0 Å². The molecule has 1 aromatic rings. The van der Waals surface area contributed by atoms with Gasteiger partial charge in [-0.3, -0.25) is 4.90 Å². The second-order valence-electron chi connectivity index (χ2n) is 8.94. The summed E-state index contributed by atoms with van der Waals surface area (Å²) in [5.74, 6) is 0.912. The monoisotopic (exact) mass is 404 g/mol. The zero-order valence-corrected chi connectivity index (χ0v) is 18.4. The molecule has 2 heterocycles. The summed E-state index contributed by atoms with van der Waals surface area (Å²) in [5.41, 5.74) is 0.717. The van der Waals surface area contributed by atoms with Gasteiger partial charge in [-0.05, 0) is 52.1 Å². The number of likely N-dealkylation sites (N-methyl/N-ethyl adjacent to an activating group) is 1. The van der Waals surface area contributed by atoms with Crippen molar-refractivity contribution >= 4 is 11.8 Å². The molecule has 2 fully saturated rings. The van der Waals surface area contributed by atoms with Crippen molar-refractivity contribution in [3.63, 3.8) is 0 Å². The van der Waals surface area contributed by atoms with Crippen LogP contribution in [0.4, 0.5) is 10.5 Å². The van der Waals surface area contributed by atoms with Crippen LogP contribution >= 0.6 is 0 Å². The van der Waals surface area contributed by atoms with Gasteiger partial charge < -0.3 is 24.2 Å². The highest BCUT2D eigenvalue weighted by Crippen LogP contribution is 2.21. The van der Waals surface area contributed by atoms with E-state index in [-0.39, 0.29) is 6.09 Å². The van der Waals surface area contributed by atoms with Gasteiger partial charge in [-0.1, -0.05) is 0 Å². The SMILES string of the molecule is CN1CCN(CCOc2ccc(N3CCN(C(=O)OC(C)(C)C)CC3)cc2)CC1. The Hall–Kier alpha value is -1.99. The largest absolute Gasteiger partial charge is 0.492 e. The lowest BCUT2D eigenvalue weighted by Gasteiger charge is -2.36. The highest BCUT2D eigenvalue weighted by atomic mass is 16.6. The van der Waals surface area contributed by atoms with Crippen LogP contribution in [0.25, 0.3) is 0 Å². The lowest BCUT2D eigenvalue weighted by atomic mass is 10.2. The van der Waals surface area contributed by atoms with E-state index >= 15 is 0 Å². The number of carbonyl (C=O) groups is 1. The topological polar surface area (TPSA) is 48.5 Å². The molecule has 0 spiro atoms. The van der Waals surface area contributed by atoms with Gasteiger partial charge in [0, 0.05) is 64.6 Å². The van der Waals surface area contributed by atoms with Crippen LogP contribution in [0, 0.1) is 0 Å². The van der Waals surface area contributed by atoms with Gasteiger partial charge in [0.1, 0.15) is 18.0 Å². The lowest BCUT2D eigenvalue weighted by Crippen LogP contribution is -2.50. The smallest absolute Gasteiger partial charge is 0.410 e. The molecule has 0 atom stereocenters. The van der Waals surface area contributed by atoms with Gasteiger partial charge >= 0.3 is 6.09 Å². The molecule has 29 heavy (non-hydrogen) atoms. The van der Waals surface area contributed by atoms with Crippen LogP contribution in [0.15, 0.2) is 24.3 Å². The van der Waals surface area contributed by atoms with Crippen LogP contribution in [0.3, 0.4) is 0 Å². The maximum Gasteiger partial charge on any atom is 0.410 e. The zero-order valence-electron chi connectivity index (χ0n) is 18.4. The summed E-state index contributed by atoms with van der Waals surface area (Å²) in [5, 5.41) is 0. The maximum atomic E-state index is 12.2. The number of piperazine rings is 2. The van der Waals surface area contributed by atoms with Gasteiger partial charge in [0.15, 0.2) is 0 Å². The summed E-state index contributed by atoms with van der Waals surface area (Å²) < 4.78 is 11.4. The van der Waals surface area contributed by atoms with Crippen molar-refractivity contribution in [2.24, 2.45) is 0 Å². The third kappa shape index (κ3) is 6.78. The molecule has 3 rings (SSSR count). The van der Waals surface area contributed by atoms with Crippen LogP contribution in [-0.2, 0) is 4.74 Å². The number of carbonyl (C=O) groups excluding carboxylic acids is 1. The molecule has 0 aromatic heterocycles. The molecule has 2 aliphatic rings. The Morgan fingerprint density at radius 1 is 0.931 bits per heavy atom. The number of hydrogen-bond donors (Lipinski definition) is 0. The predicted molar refractivity (Wildman–Crippen MR) is 116 cm³/mol. The van der Waals surface area contributed by atoms with Gasteiger partial charge in [-0.15, -0.1) is 0 Å². The summed E-state index contributed by atoms with van der Waals surface area (Å²) in [4.78, 5) is 21.1. The molecule has 2 saturated heterocycles. The predicted octanol–water partition coefficient (Wildman–Crippen LogP) is 2.37. The van der Waals surface area contributed by atoms with E-state index in [0.29, 0.717) is 13.1 Å². The highest BCUT2D eigenvalue weighted by molar-refractivity contribution is 5.68. The van der Waals surface area contributed by atoms with Crippen molar-refractivity contribution in [3.8, 4) is 5.75 Å². The van der Waals surface area contributed by atoms with E-state index in [1.165, 1.54) is 5.69 Å². The molecule has 0 radical (unpaired) electrons. The molecule has 1 amide bonds. The molecule has 0 aliphatic carbocycles. The van der Waals surface area contributed by atoms with Crippen LogP contribution in [0.2, 0.25) is 0 Å². The van der Waals surface area contributed by atoms with E-state index in [4.69, 9.17) is 9.47 Å². The van der Waals surface area contributed by atoms with Crippen LogP contribution in [-0.4, -0.2) is 99.0 Å². The Bertz CT molecular complexity index is 643. The van der Waals surface area contributed by atoms with Crippen molar-refractivity contribution in [2.45, 2.75) is 26.4 Å². The van der Waals surface area contributed by atoms with Gasteiger partial charge in [-0.2, -0.15) is 0 Å². The molecule has 162 valence electrons. The third-order valence-corrected chi connectivity index (χ3v) is 5.41. The summed E-state index contributed by atoms with van der Waals surface area (Å²) in [6, 6.07) is 8.29. The first kappa shape index (κ1) is 21.7. The summed E-state index contributed by atoms with van der Waals surface area (Å²) in [6.45, 7) is 14.9. The number of rotatable bonds is 5. The number of nitrogens with zero attached hydrogens (tertiary/aromatic N) is 4. The first-order chi connectivity index (χ1) is 13.8. The molecular weight excluding hydrogens is 368 g/mol. The Labute approximate surface area is 175 Å². The van der Waals surface area contributed by atoms with E-state index in [2.05, 4.69) is 33.9 Å². The number of amides is 1. The number of benzene rings is 1. The minimum atomic E-state index is -0.450. The van der Waals surface area contributed by atoms with Crippen LogP contribution in [0.5, 0.6) is 5.75 Å². The molecule has 0 saturated carbocycles. The highest BCUT2D eigenvalue weighted by Gasteiger charge is 2.26. The fourth-order valence-electron chi connectivity index (χ4n) is 3.59. The van der Waals surface area contributed by atoms with Crippen molar-refractivity contribution in [1.82, 2.24) is 14.7 Å². The quantitative estimate of drug-likeness (QED) is 0.751. The molecule has 2 aliphatic heterocycles. The first-order valence-electron chi connectivity index (χ1n) is 10.7. The van der Waals surface area contributed by atoms with E-state index in [9.17, 15) is 4.79 Å². The van der Waals surface area contributed by atoms with Crippen LogP contribution < -0.4 is 9.64 Å². The minimum absolute atomic E-state index is 0.221. The second-order valence-corrected chi connectivity index (χ2v) is 8.94. The second kappa shape index (κ2) is 9.67. The number of hydrogen-bond acceptors (Lipinski definition) is 6. The van der Waals surface area contributed by atoms with Gasteiger partial charge in [-0.25, -0.2) is 4.79 Å². The van der Waals surface area contributed by atoms with Crippen molar-refractivity contribution < 1.29 is 14.3 Å². The lowest BCUT2D eigenvalue weighted by molar-refractivity contribution is 0.0240. The van der Waals surface area contributed by atoms with E-state index in [0.717, 1.165) is 58.2 Å². The van der Waals surface area contributed by atoms with Gasteiger partial charge in [0.05, 0.1) is 0 Å². The molecule has 7 nitrogen and oxygen atoms in total. The molecule has 0 unspecified atom stereocenters. The van der Waals surface area contributed by atoms with Crippen molar-refractivity contribution in [2.75, 3.05) is 77.5 Å². The fourth-order valence-corrected chi connectivity index (χ4v) is 3.59. The normalized spacial score (nSPS) is 19.3. The molecule has 7 heteroatoms. The summed E-state index contributed by atoms with van der Waals surface area (Å²) in [7, 11) is 2.17. The Morgan fingerprint density at radius 3 is 2.14 bits per heavy atom. The van der Waals surface area contributed by atoms with Crippen molar-refractivity contribution in [3.05, 3.63) is 24.3 Å². The number of ether oxygens (including phenoxy) is 2. The van der Waals surface area contributed by atoms with Crippen LogP contribution in [0.1, 0.15) is 20.8 Å². The van der Waals surface area contributed by atoms with E-state index < -0.39 is 5.60 Å². The third-order valence-electron chi connectivity index (χ3n) is 5.41. The maximum absolute atomic E-state index is 12.2. The zero-order chi connectivity index (χ0) is 20.9. The fraction of sp³-hybridized carbons (Fsp3) is 0.682. The van der Waals surface area contributed by atoms with E-state index in [1.807, 2.05) is 32.9 Å². The first-order valence-corrected chi connectivity index (χ1v) is 10.7.